The molecule has 0 aromatic heterocycles. The van der Waals surface area contributed by atoms with Crippen molar-refractivity contribution in [2.75, 3.05) is 6.54 Å². The number of carbonyl (C=O) groups is 2. The highest BCUT2D eigenvalue weighted by molar-refractivity contribution is 8.18. The molecule has 0 saturated carbocycles. The molecule has 1 saturated heterocycles. The lowest BCUT2D eigenvalue weighted by atomic mass is 10.1. The smallest absolute Gasteiger partial charge is 0.293 e. The molecule has 5 heteroatoms. The Labute approximate surface area is 170 Å². The van der Waals surface area contributed by atoms with Gasteiger partial charge >= 0.3 is 0 Å². The second-order valence-electron chi connectivity index (χ2n) is 6.83. The summed E-state index contributed by atoms with van der Waals surface area (Å²) in [5, 5.41) is -0.193. The third-order valence-corrected chi connectivity index (χ3v) is 5.56. The molecule has 2 amide bonds. The molecule has 1 fully saturated rings. The maximum atomic E-state index is 12.6. The molecule has 1 atom stereocenters. The first-order valence-corrected chi connectivity index (χ1v) is 10.4. The van der Waals surface area contributed by atoms with Gasteiger partial charge in [0.15, 0.2) is 0 Å². The number of carbonyl (C=O) groups excluding carboxylic acids is 2. The second-order valence-corrected chi connectivity index (χ2v) is 7.82. The van der Waals surface area contributed by atoms with Gasteiger partial charge < -0.3 is 4.74 Å². The molecule has 0 spiro atoms. The Hall–Kier alpha value is -2.53. The minimum absolute atomic E-state index is 0.165. The molecule has 1 aliphatic rings. The van der Waals surface area contributed by atoms with Crippen molar-refractivity contribution in [1.29, 1.82) is 0 Å². The predicted octanol–water partition coefficient (Wildman–Crippen LogP) is 5.53. The zero-order valence-electron chi connectivity index (χ0n) is 16.3. The van der Waals surface area contributed by atoms with E-state index in [-0.39, 0.29) is 17.3 Å². The third kappa shape index (κ3) is 5.26. The number of aryl methyl sites for hydroxylation is 1. The van der Waals surface area contributed by atoms with Gasteiger partial charge in [0.05, 0.1) is 11.0 Å². The highest BCUT2D eigenvalue weighted by atomic mass is 32.2. The van der Waals surface area contributed by atoms with Gasteiger partial charge in [-0.15, -0.1) is 0 Å². The van der Waals surface area contributed by atoms with Crippen LogP contribution < -0.4 is 4.74 Å². The fourth-order valence-electron chi connectivity index (χ4n) is 2.89. The lowest BCUT2D eigenvalue weighted by Crippen LogP contribution is -2.29. The van der Waals surface area contributed by atoms with Crippen molar-refractivity contribution in [2.45, 2.75) is 39.2 Å². The first-order valence-electron chi connectivity index (χ1n) is 9.63. The van der Waals surface area contributed by atoms with E-state index in [4.69, 9.17) is 4.74 Å². The van der Waals surface area contributed by atoms with Crippen LogP contribution in [0.2, 0.25) is 0 Å². The number of nitrogens with zero attached hydrogens (tertiary/aromatic N) is 1. The Kier molecular flexibility index (Phi) is 6.93. The fraction of sp³-hybridized carbons (Fsp3) is 0.304. The van der Waals surface area contributed by atoms with Crippen LogP contribution in [-0.4, -0.2) is 28.7 Å². The van der Waals surface area contributed by atoms with E-state index < -0.39 is 0 Å². The van der Waals surface area contributed by atoms with Crippen molar-refractivity contribution >= 4 is 29.0 Å². The highest BCUT2D eigenvalue weighted by Gasteiger charge is 2.34. The van der Waals surface area contributed by atoms with Crippen molar-refractivity contribution in [3.63, 3.8) is 0 Å². The summed E-state index contributed by atoms with van der Waals surface area (Å²) in [4.78, 5) is 26.7. The summed E-state index contributed by atoms with van der Waals surface area (Å²) in [7, 11) is 0. The SMILES string of the molecule is CC[C@H](C)Oc1ccc(/C=C2/SC(=O)N(CCCc3ccccc3)C2=O)cc1. The number of benzene rings is 2. The van der Waals surface area contributed by atoms with Gasteiger partial charge in [-0.25, -0.2) is 0 Å². The first kappa shape index (κ1) is 20.2. The van der Waals surface area contributed by atoms with E-state index in [1.54, 1.807) is 6.08 Å². The lowest BCUT2D eigenvalue weighted by molar-refractivity contribution is -0.122. The Morgan fingerprint density at radius 3 is 2.46 bits per heavy atom. The molecule has 28 heavy (non-hydrogen) atoms. The summed E-state index contributed by atoms with van der Waals surface area (Å²) >= 11 is 1.01. The summed E-state index contributed by atoms with van der Waals surface area (Å²) in [6.45, 7) is 4.55. The van der Waals surface area contributed by atoms with Gasteiger partial charge in [0.2, 0.25) is 0 Å². The molecule has 2 aromatic rings. The summed E-state index contributed by atoms with van der Waals surface area (Å²) in [6.07, 6.45) is 4.49. The standard InChI is InChI=1S/C23H25NO3S/c1-3-17(2)27-20-13-11-19(12-14-20)16-21-22(25)24(23(26)28-21)15-7-10-18-8-5-4-6-9-18/h4-6,8-9,11-14,16-17H,3,7,10,15H2,1-2H3/b21-16+/t17-/m0/s1. The number of rotatable bonds is 8. The Morgan fingerprint density at radius 2 is 1.79 bits per heavy atom. The fourth-order valence-corrected chi connectivity index (χ4v) is 3.75. The summed E-state index contributed by atoms with van der Waals surface area (Å²) in [5.41, 5.74) is 2.09. The van der Waals surface area contributed by atoms with Crippen molar-refractivity contribution in [3.8, 4) is 5.75 Å². The Morgan fingerprint density at radius 1 is 1.07 bits per heavy atom. The van der Waals surface area contributed by atoms with Crippen molar-refractivity contribution in [3.05, 3.63) is 70.6 Å². The van der Waals surface area contributed by atoms with Crippen LogP contribution in [0.4, 0.5) is 4.79 Å². The van der Waals surface area contributed by atoms with Crippen LogP contribution in [0.15, 0.2) is 59.5 Å². The molecule has 4 nitrogen and oxygen atoms in total. The monoisotopic (exact) mass is 395 g/mol. The molecule has 0 N–H and O–H groups in total. The van der Waals surface area contributed by atoms with Gasteiger partial charge in [-0.1, -0.05) is 49.4 Å². The number of imide groups is 1. The number of thioether (sulfide) groups is 1. The van der Waals surface area contributed by atoms with E-state index in [1.807, 2.05) is 49.4 Å². The average Bonchev–Trinajstić information content (AvgIpc) is 2.97. The largest absolute Gasteiger partial charge is 0.491 e. The van der Waals surface area contributed by atoms with Gasteiger partial charge in [0.1, 0.15) is 5.75 Å². The maximum Gasteiger partial charge on any atom is 0.293 e. The quantitative estimate of drug-likeness (QED) is 0.551. The van der Waals surface area contributed by atoms with Crippen LogP contribution >= 0.6 is 11.8 Å². The molecular formula is C23H25NO3S. The van der Waals surface area contributed by atoms with Crippen molar-refractivity contribution < 1.29 is 14.3 Å². The average molecular weight is 396 g/mol. The van der Waals surface area contributed by atoms with Gasteiger partial charge in [0, 0.05) is 6.54 Å². The number of hydrogen-bond donors (Lipinski definition) is 0. The van der Waals surface area contributed by atoms with E-state index in [0.29, 0.717) is 11.4 Å². The molecule has 146 valence electrons. The molecule has 0 aliphatic carbocycles. The van der Waals surface area contributed by atoms with Crippen molar-refractivity contribution in [2.24, 2.45) is 0 Å². The molecule has 1 heterocycles. The van der Waals surface area contributed by atoms with Crippen LogP contribution in [0.5, 0.6) is 5.75 Å². The number of hydrogen-bond acceptors (Lipinski definition) is 4. The minimum Gasteiger partial charge on any atom is -0.491 e. The van der Waals surface area contributed by atoms with Gasteiger partial charge in [-0.3, -0.25) is 14.5 Å². The zero-order chi connectivity index (χ0) is 19.9. The van der Waals surface area contributed by atoms with E-state index in [9.17, 15) is 9.59 Å². The van der Waals surface area contributed by atoms with Crippen LogP contribution in [0.25, 0.3) is 6.08 Å². The molecule has 0 unspecified atom stereocenters. The summed E-state index contributed by atoms with van der Waals surface area (Å²) in [6, 6.07) is 17.7. The number of ether oxygens (including phenoxy) is 1. The molecule has 0 radical (unpaired) electrons. The van der Waals surface area contributed by atoms with Gasteiger partial charge in [-0.05, 0) is 67.3 Å². The van der Waals surface area contributed by atoms with Crippen LogP contribution in [0.1, 0.15) is 37.8 Å². The van der Waals surface area contributed by atoms with Crippen LogP contribution in [0, 0.1) is 0 Å². The lowest BCUT2D eigenvalue weighted by Gasteiger charge is -2.12. The molecule has 1 aliphatic heterocycles. The first-order chi connectivity index (χ1) is 13.6. The van der Waals surface area contributed by atoms with E-state index >= 15 is 0 Å². The predicted molar refractivity (Wildman–Crippen MR) is 114 cm³/mol. The van der Waals surface area contributed by atoms with Crippen LogP contribution in [-0.2, 0) is 11.2 Å². The summed E-state index contributed by atoms with van der Waals surface area (Å²) < 4.78 is 5.77. The minimum atomic E-state index is -0.206. The second kappa shape index (κ2) is 9.60. The van der Waals surface area contributed by atoms with E-state index in [0.717, 1.165) is 42.3 Å². The molecule has 2 aromatic carbocycles. The third-order valence-electron chi connectivity index (χ3n) is 4.65. The van der Waals surface area contributed by atoms with E-state index in [1.165, 1.54) is 10.5 Å². The Bertz CT molecular complexity index is 846. The van der Waals surface area contributed by atoms with Gasteiger partial charge in [-0.2, -0.15) is 0 Å². The Balaban J connectivity index is 1.59. The molecule has 0 bridgehead atoms. The highest BCUT2D eigenvalue weighted by Crippen LogP contribution is 2.32. The molecule has 3 rings (SSSR count). The van der Waals surface area contributed by atoms with E-state index in [2.05, 4.69) is 19.1 Å². The maximum absolute atomic E-state index is 12.6. The van der Waals surface area contributed by atoms with Crippen LogP contribution in [0.3, 0.4) is 0 Å². The van der Waals surface area contributed by atoms with Crippen molar-refractivity contribution in [1.82, 2.24) is 4.90 Å². The normalized spacial score (nSPS) is 16.6. The summed E-state index contributed by atoms with van der Waals surface area (Å²) in [5.74, 6) is 0.600. The zero-order valence-corrected chi connectivity index (χ0v) is 17.1. The number of amides is 2. The molecular weight excluding hydrogens is 370 g/mol. The van der Waals surface area contributed by atoms with Gasteiger partial charge in [0.25, 0.3) is 11.1 Å². The topological polar surface area (TPSA) is 46.6 Å².